The van der Waals surface area contributed by atoms with E-state index in [1.807, 2.05) is 0 Å². The highest BCUT2D eigenvalue weighted by Crippen LogP contribution is 2.07. The molecular formula is C10H18O4. The molecule has 82 valence electrons. The standard InChI is InChI=1S/C10H18O4/c1-14-10(13)8-6-4-2-3-5-7-9(11)12/h2-8H2,1H3,(H,11,12). The Kier molecular flexibility index (Phi) is 7.89. The molecule has 1 N–H and O–H groups in total. The monoisotopic (exact) mass is 202 g/mol. The van der Waals surface area contributed by atoms with Crippen LogP contribution >= 0.6 is 0 Å². The van der Waals surface area contributed by atoms with Crippen LogP contribution < -0.4 is 0 Å². The zero-order valence-electron chi connectivity index (χ0n) is 8.62. The minimum atomic E-state index is -0.737. The summed E-state index contributed by atoms with van der Waals surface area (Å²) in [5.74, 6) is -0.907. The number of carboxylic acid groups (broad SMARTS) is 1. The number of carbonyl (C=O) groups excluding carboxylic acids is 1. The van der Waals surface area contributed by atoms with Gasteiger partial charge in [0.25, 0.3) is 0 Å². The molecule has 0 heterocycles. The largest absolute Gasteiger partial charge is 0.481 e. The van der Waals surface area contributed by atoms with Crippen LogP contribution in [0.3, 0.4) is 0 Å². The summed E-state index contributed by atoms with van der Waals surface area (Å²) < 4.78 is 4.49. The van der Waals surface area contributed by atoms with Crippen LogP contribution in [-0.2, 0) is 14.3 Å². The zero-order chi connectivity index (χ0) is 10.8. The lowest BCUT2D eigenvalue weighted by atomic mass is 10.1. The highest BCUT2D eigenvalue weighted by atomic mass is 16.5. The van der Waals surface area contributed by atoms with Crippen molar-refractivity contribution < 1.29 is 19.4 Å². The Labute approximate surface area is 84.3 Å². The normalized spacial score (nSPS) is 9.79. The van der Waals surface area contributed by atoms with Crippen LogP contribution in [0.4, 0.5) is 0 Å². The average Bonchev–Trinajstić information content (AvgIpc) is 2.15. The van der Waals surface area contributed by atoms with E-state index in [4.69, 9.17) is 5.11 Å². The molecule has 0 bridgehead atoms. The first-order chi connectivity index (χ1) is 6.66. The van der Waals surface area contributed by atoms with Crippen molar-refractivity contribution in [2.75, 3.05) is 7.11 Å². The molecule has 0 spiro atoms. The number of carboxylic acids is 1. The number of hydrogen-bond donors (Lipinski definition) is 1. The summed E-state index contributed by atoms with van der Waals surface area (Å²) in [6.45, 7) is 0. The SMILES string of the molecule is COC(=O)CCCCCCCC(=O)O. The number of methoxy groups -OCH3 is 1. The number of unbranched alkanes of at least 4 members (excludes halogenated alkanes) is 4. The van der Waals surface area contributed by atoms with Gasteiger partial charge < -0.3 is 9.84 Å². The van der Waals surface area contributed by atoms with Crippen molar-refractivity contribution in [3.8, 4) is 0 Å². The van der Waals surface area contributed by atoms with Gasteiger partial charge in [-0.3, -0.25) is 9.59 Å². The summed E-state index contributed by atoms with van der Waals surface area (Å²) in [5.41, 5.74) is 0. The van der Waals surface area contributed by atoms with Gasteiger partial charge in [0.05, 0.1) is 7.11 Å². The van der Waals surface area contributed by atoms with Crippen LogP contribution in [-0.4, -0.2) is 24.2 Å². The van der Waals surface area contributed by atoms with Gasteiger partial charge in [0.2, 0.25) is 0 Å². The van der Waals surface area contributed by atoms with Crippen molar-refractivity contribution >= 4 is 11.9 Å². The summed E-state index contributed by atoms with van der Waals surface area (Å²) in [7, 11) is 1.38. The van der Waals surface area contributed by atoms with Gasteiger partial charge in [0.1, 0.15) is 0 Å². The molecule has 0 saturated heterocycles. The van der Waals surface area contributed by atoms with Crippen LogP contribution in [0.1, 0.15) is 44.9 Å². The van der Waals surface area contributed by atoms with Gasteiger partial charge in [-0.05, 0) is 12.8 Å². The fraction of sp³-hybridized carbons (Fsp3) is 0.800. The van der Waals surface area contributed by atoms with Gasteiger partial charge in [0.15, 0.2) is 0 Å². The Morgan fingerprint density at radius 2 is 1.50 bits per heavy atom. The highest BCUT2D eigenvalue weighted by Gasteiger charge is 2.00. The van der Waals surface area contributed by atoms with Crippen molar-refractivity contribution in [1.82, 2.24) is 0 Å². The molecule has 0 amide bonds. The van der Waals surface area contributed by atoms with Gasteiger partial charge in [-0.15, -0.1) is 0 Å². The van der Waals surface area contributed by atoms with Crippen LogP contribution in [0, 0.1) is 0 Å². The Morgan fingerprint density at radius 3 is 2.00 bits per heavy atom. The Balaban J connectivity index is 3.06. The first-order valence-electron chi connectivity index (χ1n) is 4.95. The second kappa shape index (κ2) is 8.53. The van der Waals surface area contributed by atoms with E-state index in [-0.39, 0.29) is 12.4 Å². The molecule has 0 aromatic rings. The molecular weight excluding hydrogens is 184 g/mol. The lowest BCUT2D eigenvalue weighted by Gasteiger charge is -1.99. The lowest BCUT2D eigenvalue weighted by Crippen LogP contribution is -1.99. The second-order valence-corrected chi connectivity index (χ2v) is 3.24. The molecule has 0 unspecified atom stereocenters. The van der Waals surface area contributed by atoms with E-state index in [1.165, 1.54) is 7.11 Å². The quantitative estimate of drug-likeness (QED) is 0.483. The Hall–Kier alpha value is -1.06. The molecule has 0 aromatic heterocycles. The van der Waals surface area contributed by atoms with E-state index in [0.29, 0.717) is 6.42 Å². The Bertz CT molecular complexity index is 177. The van der Waals surface area contributed by atoms with Crippen LogP contribution in [0.25, 0.3) is 0 Å². The third-order valence-electron chi connectivity index (χ3n) is 2.00. The fourth-order valence-electron chi connectivity index (χ4n) is 1.18. The van der Waals surface area contributed by atoms with Gasteiger partial charge in [-0.25, -0.2) is 0 Å². The predicted molar refractivity (Wildman–Crippen MR) is 52.0 cm³/mol. The molecule has 4 nitrogen and oxygen atoms in total. The second-order valence-electron chi connectivity index (χ2n) is 3.24. The molecule has 14 heavy (non-hydrogen) atoms. The maximum absolute atomic E-state index is 10.7. The summed E-state index contributed by atoms with van der Waals surface area (Å²) in [4.78, 5) is 20.8. The molecule has 0 saturated carbocycles. The smallest absolute Gasteiger partial charge is 0.305 e. The van der Waals surface area contributed by atoms with Crippen molar-refractivity contribution in [1.29, 1.82) is 0 Å². The van der Waals surface area contributed by atoms with E-state index in [2.05, 4.69) is 4.74 Å². The van der Waals surface area contributed by atoms with Crippen LogP contribution in [0.2, 0.25) is 0 Å². The minimum absolute atomic E-state index is 0.171. The van der Waals surface area contributed by atoms with Crippen molar-refractivity contribution in [3.05, 3.63) is 0 Å². The van der Waals surface area contributed by atoms with Gasteiger partial charge >= 0.3 is 11.9 Å². The Morgan fingerprint density at radius 1 is 1.00 bits per heavy atom. The third-order valence-corrected chi connectivity index (χ3v) is 2.00. The molecule has 0 atom stereocenters. The number of carbonyl (C=O) groups is 2. The molecule has 0 fully saturated rings. The summed E-state index contributed by atoms with van der Waals surface area (Å²) >= 11 is 0. The van der Waals surface area contributed by atoms with Crippen molar-refractivity contribution in [3.63, 3.8) is 0 Å². The van der Waals surface area contributed by atoms with Crippen LogP contribution in [0.15, 0.2) is 0 Å². The summed E-state index contributed by atoms with van der Waals surface area (Å²) in [6, 6.07) is 0. The zero-order valence-corrected chi connectivity index (χ0v) is 8.62. The highest BCUT2D eigenvalue weighted by molar-refractivity contribution is 5.69. The van der Waals surface area contributed by atoms with Crippen LogP contribution in [0.5, 0.6) is 0 Å². The first-order valence-corrected chi connectivity index (χ1v) is 4.95. The van der Waals surface area contributed by atoms with Gasteiger partial charge in [0, 0.05) is 12.8 Å². The summed E-state index contributed by atoms with van der Waals surface area (Å²) in [6.07, 6.45) is 5.16. The van der Waals surface area contributed by atoms with Crippen molar-refractivity contribution in [2.24, 2.45) is 0 Å². The fourth-order valence-corrected chi connectivity index (χ4v) is 1.18. The molecule has 0 aliphatic heterocycles. The number of ether oxygens (including phenoxy) is 1. The number of hydrogen-bond acceptors (Lipinski definition) is 3. The maximum Gasteiger partial charge on any atom is 0.305 e. The number of rotatable bonds is 8. The predicted octanol–water partition coefficient (Wildman–Crippen LogP) is 1.97. The molecule has 0 rings (SSSR count). The van der Waals surface area contributed by atoms with E-state index in [0.717, 1.165) is 32.1 Å². The van der Waals surface area contributed by atoms with E-state index in [9.17, 15) is 9.59 Å². The van der Waals surface area contributed by atoms with E-state index < -0.39 is 5.97 Å². The topological polar surface area (TPSA) is 63.6 Å². The average molecular weight is 202 g/mol. The maximum atomic E-state index is 10.7. The summed E-state index contributed by atoms with van der Waals surface area (Å²) in [5, 5.41) is 8.36. The molecule has 0 radical (unpaired) electrons. The molecule has 4 heteroatoms. The molecule has 0 aromatic carbocycles. The first kappa shape index (κ1) is 12.9. The third kappa shape index (κ3) is 9.03. The van der Waals surface area contributed by atoms with E-state index >= 15 is 0 Å². The molecule has 0 aliphatic rings. The van der Waals surface area contributed by atoms with Gasteiger partial charge in [-0.2, -0.15) is 0 Å². The minimum Gasteiger partial charge on any atom is -0.481 e. The van der Waals surface area contributed by atoms with Crippen molar-refractivity contribution in [2.45, 2.75) is 44.9 Å². The van der Waals surface area contributed by atoms with Gasteiger partial charge in [-0.1, -0.05) is 19.3 Å². The van der Waals surface area contributed by atoms with E-state index in [1.54, 1.807) is 0 Å². The lowest BCUT2D eigenvalue weighted by molar-refractivity contribution is -0.140. The number of aliphatic carboxylic acids is 1. The number of esters is 1. The molecule has 0 aliphatic carbocycles.